The Labute approximate surface area is 158 Å². The summed E-state index contributed by atoms with van der Waals surface area (Å²) in [7, 11) is 0. The Morgan fingerprint density at radius 1 is 0.963 bits per heavy atom. The van der Waals surface area contributed by atoms with Crippen LogP contribution in [-0.4, -0.2) is 44.0 Å². The number of aromatic nitrogens is 5. The van der Waals surface area contributed by atoms with E-state index in [1.54, 1.807) is 0 Å². The lowest BCUT2D eigenvalue weighted by Crippen LogP contribution is -2.27. The van der Waals surface area contributed by atoms with Gasteiger partial charge in [0.2, 0.25) is 5.95 Å². The maximum Gasteiger partial charge on any atom is 0.230 e. The van der Waals surface area contributed by atoms with E-state index in [1.165, 1.54) is 0 Å². The summed E-state index contributed by atoms with van der Waals surface area (Å²) in [5.74, 6) is 3.48. The SMILES string of the molecule is NC1CCC(c2nc(C3CCOCC3)nn2-c2nc3ccccc3[nH]2)CC1. The normalized spacial score (nSPS) is 24.5. The number of nitrogens with two attached hydrogens (primary N) is 1. The van der Waals surface area contributed by atoms with E-state index in [9.17, 15) is 0 Å². The molecule has 7 nitrogen and oxygen atoms in total. The van der Waals surface area contributed by atoms with Crippen molar-refractivity contribution in [1.29, 1.82) is 0 Å². The maximum atomic E-state index is 6.12. The molecule has 1 aliphatic carbocycles. The number of ether oxygens (including phenoxy) is 1. The van der Waals surface area contributed by atoms with Crippen molar-refractivity contribution in [3.8, 4) is 5.95 Å². The molecule has 1 aliphatic heterocycles. The van der Waals surface area contributed by atoms with E-state index in [-0.39, 0.29) is 0 Å². The Hall–Kier alpha value is -2.25. The van der Waals surface area contributed by atoms with Crippen molar-refractivity contribution in [1.82, 2.24) is 24.7 Å². The molecule has 0 amide bonds. The van der Waals surface area contributed by atoms with Crippen molar-refractivity contribution in [3.05, 3.63) is 35.9 Å². The topological polar surface area (TPSA) is 94.6 Å². The fourth-order valence-corrected chi connectivity index (χ4v) is 4.31. The summed E-state index contributed by atoms with van der Waals surface area (Å²) in [5.41, 5.74) is 8.09. The van der Waals surface area contributed by atoms with Crippen LogP contribution in [-0.2, 0) is 4.74 Å². The summed E-state index contributed by atoms with van der Waals surface area (Å²) in [6.07, 6.45) is 6.19. The molecule has 3 heterocycles. The Bertz CT molecular complexity index is 885. The minimum Gasteiger partial charge on any atom is -0.381 e. The second-order valence-corrected chi connectivity index (χ2v) is 7.82. The van der Waals surface area contributed by atoms with Crippen LogP contribution in [0.4, 0.5) is 0 Å². The van der Waals surface area contributed by atoms with Gasteiger partial charge in [-0.15, -0.1) is 5.10 Å². The highest BCUT2D eigenvalue weighted by molar-refractivity contribution is 5.75. The first kappa shape index (κ1) is 16.9. The molecule has 2 aliphatic rings. The van der Waals surface area contributed by atoms with Gasteiger partial charge in [0.05, 0.1) is 11.0 Å². The highest BCUT2D eigenvalue weighted by Gasteiger charge is 2.29. The monoisotopic (exact) mass is 366 g/mol. The lowest BCUT2D eigenvalue weighted by molar-refractivity contribution is 0.0836. The van der Waals surface area contributed by atoms with Crippen molar-refractivity contribution in [2.24, 2.45) is 5.73 Å². The van der Waals surface area contributed by atoms with Crippen molar-refractivity contribution < 1.29 is 4.74 Å². The summed E-state index contributed by atoms with van der Waals surface area (Å²) in [6.45, 7) is 1.58. The van der Waals surface area contributed by atoms with Gasteiger partial charge >= 0.3 is 0 Å². The summed E-state index contributed by atoms with van der Waals surface area (Å²) in [4.78, 5) is 13.2. The zero-order valence-corrected chi connectivity index (χ0v) is 15.5. The van der Waals surface area contributed by atoms with E-state index < -0.39 is 0 Å². The van der Waals surface area contributed by atoms with Crippen molar-refractivity contribution >= 4 is 11.0 Å². The van der Waals surface area contributed by atoms with Gasteiger partial charge in [0.15, 0.2) is 5.82 Å². The number of nitrogens with one attached hydrogen (secondary N) is 1. The third-order valence-corrected chi connectivity index (χ3v) is 5.95. The first-order valence-corrected chi connectivity index (χ1v) is 10.0. The zero-order valence-electron chi connectivity index (χ0n) is 15.5. The summed E-state index contributed by atoms with van der Waals surface area (Å²) >= 11 is 0. The van der Waals surface area contributed by atoms with Crippen molar-refractivity contribution in [2.75, 3.05) is 13.2 Å². The lowest BCUT2D eigenvalue weighted by Gasteiger charge is -2.25. The van der Waals surface area contributed by atoms with E-state index in [0.29, 0.717) is 17.9 Å². The molecule has 0 unspecified atom stereocenters. The molecule has 7 heteroatoms. The number of H-pyrrole nitrogens is 1. The summed E-state index contributed by atoms with van der Waals surface area (Å²) < 4.78 is 7.47. The molecule has 1 saturated heterocycles. The number of hydrogen-bond donors (Lipinski definition) is 2. The molecule has 142 valence electrons. The third-order valence-electron chi connectivity index (χ3n) is 5.95. The zero-order chi connectivity index (χ0) is 18.2. The Morgan fingerprint density at radius 3 is 2.52 bits per heavy atom. The van der Waals surface area contributed by atoms with Crippen LogP contribution in [0.15, 0.2) is 24.3 Å². The highest BCUT2D eigenvalue weighted by atomic mass is 16.5. The predicted octanol–water partition coefficient (Wildman–Crippen LogP) is 3.02. The van der Waals surface area contributed by atoms with Crippen LogP contribution in [0.2, 0.25) is 0 Å². The highest BCUT2D eigenvalue weighted by Crippen LogP contribution is 2.34. The largest absolute Gasteiger partial charge is 0.381 e. The van der Waals surface area contributed by atoms with Crippen LogP contribution in [0.3, 0.4) is 0 Å². The Balaban J connectivity index is 1.55. The Kier molecular flexibility index (Phi) is 4.41. The summed E-state index contributed by atoms with van der Waals surface area (Å²) in [6, 6.07) is 8.40. The predicted molar refractivity (Wildman–Crippen MR) is 103 cm³/mol. The number of aromatic amines is 1. The van der Waals surface area contributed by atoms with E-state index in [4.69, 9.17) is 25.5 Å². The van der Waals surface area contributed by atoms with Crippen LogP contribution < -0.4 is 5.73 Å². The number of para-hydroxylation sites is 2. The maximum absolute atomic E-state index is 6.12. The van der Waals surface area contributed by atoms with Crippen molar-refractivity contribution in [2.45, 2.75) is 56.4 Å². The van der Waals surface area contributed by atoms with E-state index in [1.807, 2.05) is 28.9 Å². The van der Waals surface area contributed by atoms with Gasteiger partial charge in [-0.1, -0.05) is 12.1 Å². The number of benzene rings is 1. The number of fused-ring (bicyclic) bond motifs is 1. The molecule has 27 heavy (non-hydrogen) atoms. The minimum atomic E-state index is 0.318. The first-order valence-electron chi connectivity index (χ1n) is 10.0. The van der Waals surface area contributed by atoms with Gasteiger partial charge in [-0.05, 0) is 50.7 Å². The van der Waals surface area contributed by atoms with Crippen LogP contribution in [0, 0.1) is 0 Å². The smallest absolute Gasteiger partial charge is 0.230 e. The average Bonchev–Trinajstić information content (AvgIpc) is 3.33. The van der Waals surface area contributed by atoms with Crippen LogP contribution in [0.5, 0.6) is 0 Å². The molecule has 0 bridgehead atoms. The standard InChI is InChI=1S/C20H26N6O/c21-15-7-5-14(6-8-15)19-24-18(13-9-11-27-12-10-13)25-26(19)20-22-16-3-1-2-4-17(16)23-20/h1-4,13-15H,5-12,21H2,(H,22,23). The van der Waals surface area contributed by atoms with Gasteiger partial charge in [0.1, 0.15) is 5.82 Å². The molecule has 2 fully saturated rings. The molecule has 1 aromatic carbocycles. The second-order valence-electron chi connectivity index (χ2n) is 7.82. The number of rotatable bonds is 3. The molecule has 2 aromatic heterocycles. The quantitative estimate of drug-likeness (QED) is 0.743. The van der Waals surface area contributed by atoms with Gasteiger partial charge < -0.3 is 15.5 Å². The third kappa shape index (κ3) is 3.26. The van der Waals surface area contributed by atoms with Gasteiger partial charge in [-0.2, -0.15) is 4.68 Å². The first-order chi connectivity index (χ1) is 13.3. The minimum absolute atomic E-state index is 0.318. The lowest BCUT2D eigenvalue weighted by atomic mass is 9.86. The molecule has 0 radical (unpaired) electrons. The van der Waals surface area contributed by atoms with Gasteiger partial charge in [-0.3, -0.25) is 0 Å². The number of imidazole rings is 1. The number of hydrogen-bond acceptors (Lipinski definition) is 5. The fraction of sp³-hybridized carbons (Fsp3) is 0.550. The van der Waals surface area contributed by atoms with E-state index in [0.717, 1.165) is 80.4 Å². The van der Waals surface area contributed by atoms with Crippen LogP contribution in [0.25, 0.3) is 17.0 Å². The van der Waals surface area contributed by atoms with E-state index >= 15 is 0 Å². The van der Waals surface area contributed by atoms with Crippen LogP contribution in [0.1, 0.15) is 62.0 Å². The number of nitrogens with zero attached hydrogens (tertiary/aromatic N) is 4. The van der Waals surface area contributed by atoms with Crippen molar-refractivity contribution in [3.63, 3.8) is 0 Å². The van der Waals surface area contributed by atoms with E-state index in [2.05, 4.69) is 4.98 Å². The van der Waals surface area contributed by atoms with Gasteiger partial charge in [0.25, 0.3) is 0 Å². The molecule has 5 rings (SSSR count). The molecular formula is C20H26N6O. The molecule has 3 N–H and O–H groups in total. The molecule has 3 aromatic rings. The summed E-state index contributed by atoms with van der Waals surface area (Å²) in [5, 5.41) is 4.92. The molecule has 0 spiro atoms. The molecular weight excluding hydrogens is 340 g/mol. The van der Waals surface area contributed by atoms with Gasteiger partial charge in [-0.25, -0.2) is 9.97 Å². The molecule has 1 saturated carbocycles. The average molecular weight is 366 g/mol. The van der Waals surface area contributed by atoms with Gasteiger partial charge in [0, 0.05) is 31.1 Å². The fourth-order valence-electron chi connectivity index (χ4n) is 4.31. The Morgan fingerprint density at radius 2 is 1.74 bits per heavy atom. The molecule has 0 atom stereocenters. The van der Waals surface area contributed by atoms with Crippen LogP contribution >= 0.6 is 0 Å². The second kappa shape index (κ2) is 7.05.